The molecule has 34 heavy (non-hydrogen) atoms. The molecule has 6 atom stereocenters. The summed E-state index contributed by atoms with van der Waals surface area (Å²) in [5.41, 5.74) is 0.986. The zero-order chi connectivity index (χ0) is 24.1. The molecule has 0 unspecified atom stereocenters. The van der Waals surface area contributed by atoms with Gasteiger partial charge in [0.05, 0.1) is 21.6 Å². The molecule has 1 heterocycles. The molecule has 2 aliphatic carbocycles. The van der Waals surface area contributed by atoms with Gasteiger partial charge in [0.15, 0.2) is 12.4 Å². The van der Waals surface area contributed by atoms with Crippen molar-refractivity contribution in [2.75, 3.05) is 6.61 Å². The van der Waals surface area contributed by atoms with Crippen molar-refractivity contribution in [3.8, 4) is 11.5 Å². The van der Waals surface area contributed by atoms with Crippen LogP contribution in [0.5, 0.6) is 11.5 Å². The molecule has 176 valence electrons. The minimum atomic E-state index is -0.590. The lowest BCUT2D eigenvalue weighted by atomic mass is 9.80. The van der Waals surface area contributed by atoms with Gasteiger partial charge in [0, 0.05) is 23.6 Å². The Hall–Kier alpha value is -3.27. The Morgan fingerprint density at radius 1 is 1.18 bits per heavy atom. The second-order valence-corrected chi connectivity index (χ2v) is 9.88. The molecule has 5 rings (SSSR count). The Balaban J connectivity index is 1.21. The van der Waals surface area contributed by atoms with E-state index in [1.54, 1.807) is 25.1 Å². The van der Waals surface area contributed by atoms with E-state index in [2.05, 4.69) is 15.9 Å². The number of carbonyl (C=O) groups excluding carboxylic acids is 3. The Labute approximate surface area is 202 Å². The predicted molar refractivity (Wildman–Crippen MR) is 121 cm³/mol. The van der Waals surface area contributed by atoms with Crippen LogP contribution in [0.15, 0.2) is 42.5 Å². The van der Waals surface area contributed by atoms with Crippen LogP contribution in [0.1, 0.15) is 22.3 Å². The van der Waals surface area contributed by atoms with Crippen LogP contribution in [0, 0.1) is 40.7 Å². The quantitative estimate of drug-likeness (QED) is 0.173. The highest BCUT2D eigenvalue weighted by molar-refractivity contribution is 9.09. The zero-order valence-corrected chi connectivity index (χ0v) is 19.6. The van der Waals surface area contributed by atoms with E-state index in [9.17, 15) is 24.5 Å². The highest BCUT2D eigenvalue weighted by Crippen LogP contribution is 2.60. The van der Waals surface area contributed by atoms with Gasteiger partial charge in [-0.1, -0.05) is 15.9 Å². The number of ether oxygens (including phenoxy) is 3. The van der Waals surface area contributed by atoms with Crippen LogP contribution in [-0.4, -0.2) is 40.2 Å². The number of esters is 2. The number of aryl methyl sites for hydroxylation is 1. The van der Waals surface area contributed by atoms with Crippen LogP contribution < -0.4 is 4.74 Å². The van der Waals surface area contributed by atoms with Gasteiger partial charge in [-0.2, -0.15) is 0 Å². The first-order valence-electron chi connectivity index (χ1n) is 10.8. The molecule has 0 spiro atoms. The fourth-order valence-corrected chi connectivity index (χ4v) is 6.36. The second-order valence-electron chi connectivity index (χ2n) is 8.83. The van der Waals surface area contributed by atoms with E-state index in [-0.39, 0.29) is 40.2 Å². The first kappa shape index (κ1) is 22.5. The van der Waals surface area contributed by atoms with Crippen LogP contribution in [0.4, 0.5) is 5.69 Å². The number of nitro benzene ring substituents is 1. The number of hydrogen-bond acceptors (Lipinski definition) is 8. The van der Waals surface area contributed by atoms with E-state index < -0.39 is 29.3 Å². The third kappa shape index (κ3) is 3.75. The van der Waals surface area contributed by atoms with Crippen molar-refractivity contribution in [3.63, 3.8) is 0 Å². The maximum Gasteiger partial charge on any atom is 0.310 e. The number of nitrogens with zero attached hydrogens (tertiary/aromatic N) is 1. The molecule has 10 heteroatoms. The Kier molecular flexibility index (Phi) is 5.63. The number of halogens is 1. The van der Waals surface area contributed by atoms with Gasteiger partial charge in [0.1, 0.15) is 17.6 Å². The van der Waals surface area contributed by atoms with Gasteiger partial charge in [0.25, 0.3) is 5.69 Å². The first-order valence-corrected chi connectivity index (χ1v) is 11.7. The molecule has 3 fully saturated rings. The molecule has 0 radical (unpaired) electrons. The van der Waals surface area contributed by atoms with Gasteiger partial charge in [-0.15, -0.1) is 0 Å². The molecule has 2 aromatic carbocycles. The van der Waals surface area contributed by atoms with Crippen LogP contribution in [0.25, 0.3) is 0 Å². The molecule has 2 aromatic rings. The SMILES string of the molecule is Cc1cc(C(=O)COC(=O)[C@@H]2[C@H]3C[C@H]4[C@H](OC(=O)[C@@H]42)[C@H]3Br)ccc1Oc1ccc([N+](=O)[O-])cc1. The van der Waals surface area contributed by atoms with Gasteiger partial charge in [-0.25, -0.2) is 0 Å². The summed E-state index contributed by atoms with van der Waals surface area (Å²) in [4.78, 5) is 47.8. The summed E-state index contributed by atoms with van der Waals surface area (Å²) in [6, 6.07) is 10.5. The summed E-state index contributed by atoms with van der Waals surface area (Å²) in [6.45, 7) is 1.34. The Morgan fingerprint density at radius 2 is 1.91 bits per heavy atom. The Bertz CT molecular complexity index is 1200. The number of nitro groups is 1. The van der Waals surface area contributed by atoms with E-state index >= 15 is 0 Å². The summed E-state index contributed by atoms with van der Waals surface area (Å²) in [7, 11) is 0. The fraction of sp³-hybridized carbons (Fsp3) is 0.375. The lowest BCUT2D eigenvalue weighted by Gasteiger charge is -2.26. The highest BCUT2D eigenvalue weighted by atomic mass is 79.9. The zero-order valence-electron chi connectivity index (χ0n) is 18.0. The van der Waals surface area contributed by atoms with Crippen molar-refractivity contribution in [1.82, 2.24) is 0 Å². The van der Waals surface area contributed by atoms with Gasteiger partial charge < -0.3 is 14.2 Å². The van der Waals surface area contributed by atoms with Crippen molar-refractivity contribution in [3.05, 3.63) is 63.7 Å². The lowest BCUT2D eigenvalue weighted by molar-refractivity contribution is -0.384. The van der Waals surface area contributed by atoms with Crippen LogP contribution in [-0.2, 0) is 19.1 Å². The molecule has 9 nitrogen and oxygen atoms in total. The van der Waals surface area contributed by atoms with Crippen molar-refractivity contribution in [1.29, 1.82) is 0 Å². The topological polar surface area (TPSA) is 122 Å². The van der Waals surface area contributed by atoms with Gasteiger partial charge in [-0.3, -0.25) is 24.5 Å². The van der Waals surface area contributed by atoms with Crippen molar-refractivity contribution < 1.29 is 33.5 Å². The maximum atomic E-state index is 12.8. The van der Waals surface area contributed by atoms with Crippen molar-refractivity contribution in [2.24, 2.45) is 23.7 Å². The fourth-order valence-electron chi connectivity index (χ4n) is 5.31. The number of carbonyl (C=O) groups is 3. The molecule has 0 aromatic heterocycles. The van der Waals surface area contributed by atoms with Gasteiger partial charge in [0.2, 0.25) is 0 Å². The third-order valence-corrected chi connectivity index (χ3v) is 8.11. The summed E-state index contributed by atoms with van der Waals surface area (Å²) < 4.78 is 16.5. The van der Waals surface area contributed by atoms with E-state index in [0.29, 0.717) is 22.6 Å². The number of hydrogen-bond donors (Lipinski definition) is 0. The van der Waals surface area contributed by atoms with E-state index in [1.807, 2.05) is 0 Å². The van der Waals surface area contributed by atoms with Gasteiger partial charge >= 0.3 is 11.9 Å². The molecule has 1 aliphatic heterocycles. The normalized spacial score (nSPS) is 28.5. The van der Waals surface area contributed by atoms with Crippen molar-refractivity contribution >= 4 is 39.3 Å². The van der Waals surface area contributed by atoms with E-state index in [1.165, 1.54) is 24.3 Å². The predicted octanol–water partition coefficient (Wildman–Crippen LogP) is 3.99. The van der Waals surface area contributed by atoms with Crippen LogP contribution in [0.3, 0.4) is 0 Å². The molecule has 2 saturated carbocycles. The smallest absolute Gasteiger partial charge is 0.310 e. The molecule has 0 N–H and O–H groups in total. The minimum absolute atomic E-state index is 0.0288. The number of benzene rings is 2. The summed E-state index contributed by atoms with van der Waals surface area (Å²) in [5.74, 6) is -1.43. The van der Waals surface area contributed by atoms with Crippen molar-refractivity contribution in [2.45, 2.75) is 24.3 Å². The summed E-state index contributed by atoms with van der Waals surface area (Å²) in [5, 5.41) is 10.8. The van der Waals surface area contributed by atoms with Gasteiger partial charge in [-0.05, 0) is 55.2 Å². The molecule has 3 aliphatic rings. The van der Waals surface area contributed by atoms with E-state index in [4.69, 9.17) is 14.2 Å². The Morgan fingerprint density at radius 3 is 2.59 bits per heavy atom. The van der Waals surface area contributed by atoms with Crippen LogP contribution >= 0.6 is 15.9 Å². The molecule has 2 bridgehead atoms. The monoisotopic (exact) mass is 529 g/mol. The van der Waals surface area contributed by atoms with E-state index in [0.717, 1.165) is 6.42 Å². The molecule has 1 saturated heterocycles. The number of rotatable bonds is 7. The molecule has 0 amide bonds. The lowest BCUT2D eigenvalue weighted by Crippen LogP contribution is -2.39. The van der Waals surface area contributed by atoms with Crippen LogP contribution in [0.2, 0.25) is 0 Å². The average molecular weight is 530 g/mol. The number of fused-ring (bicyclic) bond motifs is 1. The first-order chi connectivity index (χ1) is 16.2. The summed E-state index contributed by atoms with van der Waals surface area (Å²) in [6.07, 6.45) is 0.558. The average Bonchev–Trinajstić information content (AvgIpc) is 3.43. The minimum Gasteiger partial charge on any atom is -0.461 e. The number of alkyl halides is 1. The molecular weight excluding hydrogens is 510 g/mol. The number of Topliss-reactive ketones (excluding diaryl/α,β-unsaturated/α-hetero) is 1. The standard InChI is InChI=1S/C24H20BrNO8/c1-11-8-12(2-7-18(11)33-14-5-3-13(4-6-14)26(30)31)17(27)10-32-23(28)19-15-9-16-20(19)24(29)34-22(16)21(15)25/h2-8,15-16,19-22H,9-10H2,1H3/t15-,16-,19-,20+,21+,22+/m1/s1. The highest BCUT2D eigenvalue weighted by Gasteiger charge is 2.68. The largest absolute Gasteiger partial charge is 0.461 e. The number of non-ortho nitro benzene ring substituents is 1. The third-order valence-electron chi connectivity index (χ3n) is 6.91. The summed E-state index contributed by atoms with van der Waals surface area (Å²) >= 11 is 3.56. The second kappa shape index (κ2) is 8.50. The molecular formula is C24H20BrNO8. The number of ketones is 1. The maximum absolute atomic E-state index is 12.8.